The highest BCUT2D eigenvalue weighted by Gasteiger charge is 2.30. The zero-order chi connectivity index (χ0) is 20.7. The van der Waals surface area contributed by atoms with Crippen molar-refractivity contribution in [1.82, 2.24) is 25.2 Å². The Labute approximate surface area is 174 Å². The van der Waals surface area contributed by atoms with Crippen molar-refractivity contribution in [3.63, 3.8) is 0 Å². The van der Waals surface area contributed by atoms with E-state index in [2.05, 4.69) is 25.2 Å². The summed E-state index contributed by atoms with van der Waals surface area (Å²) in [6, 6.07) is 5.71. The maximum absolute atomic E-state index is 12.7. The van der Waals surface area contributed by atoms with Crippen LogP contribution in [0, 0.1) is 0 Å². The summed E-state index contributed by atoms with van der Waals surface area (Å²) in [5.41, 5.74) is 1.23. The Hall–Kier alpha value is -3.23. The zero-order valence-electron chi connectivity index (χ0n) is 17.1. The van der Waals surface area contributed by atoms with Gasteiger partial charge < -0.3 is 18.8 Å². The van der Waals surface area contributed by atoms with Crippen LogP contribution in [-0.2, 0) is 0 Å². The monoisotopic (exact) mass is 408 g/mol. The number of nitrogens with zero attached hydrogens (tertiary/aromatic N) is 6. The number of anilines is 1. The fraction of sp³-hybridized carbons (Fsp3) is 0.476. The minimum atomic E-state index is -0.0633. The fourth-order valence-corrected chi connectivity index (χ4v) is 3.54. The Morgan fingerprint density at radius 1 is 1.10 bits per heavy atom. The summed E-state index contributed by atoms with van der Waals surface area (Å²) >= 11 is 0. The van der Waals surface area contributed by atoms with E-state index in [0.717, 1.165) is 30.0 Å². The lowest BCUT2D eigenvalue weighted by Gasteiger charge is -2.35. The van der Waals surface area contributed by atoms with Gasteiger partial charge in [-0.2, -0.15) is 4.98 Å². The molecule has 9 heteroatoms. The second kappa shape index (κ2) is 7.55. The van der Waals surface area contributed by atoms with Gasteiger partial charge in [0.15, 0.2) is 5.69 Å². The summed E-state index contributed by atoms with van der Waals surface area (Å²) in [6.07, 6.45) is 4.01. The van der Waals surface area contributed by atoms with Gasteiger partial charge in [0.1, 0.15) is 11.6 Å². The van der Waals surface area contributed by atoms with E-state index in [4.69, 9.17) is 9.05 Å². The Bertz CT molecular complexity index is 1030. The molecule has 0 unspecified atom stereocenters. The molecule has 30 heavy (non-hydrogen) atoms. The molecule has 3 aromatic rings. The van der Waals surface area contributed by atoms with E-state index in [-0.39, 0.29) is 11.8 Å². The van der Waals surface area contributed by atoms with Gasteiger partial charge in [0, 0.05) is 55.8 Å². The van der Waals surface area contributed by atoms with Gasteiger partial charge >= 0.3 is 0 Å². The minimum absolute atomic E-state index is 0.0633. The molecule has 0 N–H and O–H groups in total. The average Bonchev–Trinajstić information content (AvgIpc) is 3.29. The topological polar surface area (TPSA) is 101 Å². The van der Waals surface area contributed by atoms with Crippen molar-refractivity contribution in [1.29, 1.82) is 0 Å². The summed E-state index contributed by atoms with van der Waals surface area (Å²) in [7, 11) is 0. The van der Waals surface area contributed by atoms with Crippen molar-refractivity contribution in [3.8, 4) is 11.4 Å². The number of pyridine rings is 1. The predicted molar refractivity (Wildman–Crippen MR) is 108 cm³/mol. The van der Waals surface area contributed by atoms with E-state index in [1.807, 2.05) is 30.9 Å². The van der Waals surface area contributed by atoms with Crippen molar-refractivity contribution in [2.45, 2.75) is 38.5 Å². The second-order valence-electron chi connectivity index (χ2n) is 8.18. The van der Waals surface area contributed by atoms with Crippen molar-refractivity contribution in [3.05, 3.63) is 41.7 Å². The van der Waals surface area contributed by atoms with E-state index in [0.29, 0.717) is 49.5 Å². The fourth-order valence-electron chi connectivity index (χ4n) is 3.54. The van der Waals surface area contributed by atoms with Crippen LogP contribution >= 0.6 is 0 Å². The molecule has 1 amide bonds. The molecule has 0 atom stereocenters. The van der Waals surface area contributed by atoms with Gasteiger partial charge in [-0.1, -0.05) is 24.2 Å². The molecule has 0 aromatic carbocycles. The Morgan fingerprint density at radius 3 is 2.53 bits per heavy atom. The van der Waals surface area contributed by atoms with Gasteiger partial charge in [-0.05, 0) is 25.0 Å². The van der Waals surface area contributed by atoms with Crippen LogP contribution in [0.2, 0.25) is 0 Å². The molecule has 1 aliphatic heterocycles. The molecule has 1 aliphatic carbocycles. The highest BCUT2D eigenvalue weighted by molar-refractivity contribution is 5.92. The molecule has 156 valence electrons. The van der Waals surface area contributed by atoms with Crippen molar-refractivity contribution < 1.29 is 13.8 Å². The predicted octanol–water partition coefficient (Wildman–Crippen LogP) is 3.08. The lowest BCUT2D eigenvalue weighted by Crippen LogP contribution is -2.49. The van der Waals surface area contributed by atoms with Crippen LogP contribution in [-0.4, -0.2) is 57.3 Å². The molecule has 0 radical (unpaired) electrons. The van der Waals surface area contributed by atoms with Crippen LogP contribution < -0.4 is 4.90 Å². The van der Waals surface area contributed by atoms with Crippen LogP contribution in [0.4, 0.5) is 5.82 Å². The Balaban J connectivity index is 1.20. The van der Waals surface area contributed by atoms with Crippen LogP contribution in [0.3, 0.4) is 0 Å². The molecule has 0 spiro atoms. The number of aromatic nitrogens is 4. The van der Waals surface area contributed by atoms with Crippen molar-refractivity contribution >= 4 is 11.7 Å². The van der Waals surface area contributed by atoms with Gasteiger partial charge in [0.2, 0.25) is 11.7 Å². The molecule has 1 saturated carbocycles. The molecule has 9 nitrogen and oxygen atoms in total. The Morgan fingerprint density at radius 2 is 1.90 bits per heavy atom. The highest BCUT2D eigenvalue weighted by atomic mass is 16.5. The quantitative estimate of drug-likeness (QED) is 0.635. The maximum Gasteiger partial charge on any atom is 0.276 e. The number of carbonyl (C=O) groups is 1. The van der Waals surface area contributed by atoms with Crippen LogP contribution in [0.15, 0.2) is 33.4 Å². The van der Waals surface area contributed by atoms with Crippen molar-refractivity contribution in [2.24, 2.45) is 0 Å². The number of amides is 1. The summed E-state index contributed by atoms with van der Waals surface area (Å²) in [5, 5.41) is 8.00. The van der Waals surface area contributed by atoms with Crippen LogP contribution in [0.5, 0.6) is 0 Å². The van der Waals surface area contributed by atoms with Crippen molar-refractivity contribution in [2.75, 3.05) is 31.1 Å². The van der Waals surface area contributed by atoms with Crippen LogP contribution in [0.25, 0.3) is 11.4 Å². The lowest BCUT2D eigenvalue weighted by atomic mass is 10.2. The molecular formula is C21H24N6O3. The molecule has 5 rings (SSSR count). The highest BCUT2D eigenvalue weighted by Crippen LogP contribution is 2.40. The third kappa shape index (κ3) is 3.67. The molecule has 0 bridgehead atoms. The molecule has 1 saturated heterocycles. The van der Waals surface area contributed by atoms with Crippen LogP contribution in [0.1, 0.15) is 60.7 Å². The summed E-state index contributed by atoms with van der Waals surface area (Å²) in [5.74, 6) is 3.45. The number of hydrogen-bond acceptors (Lipinski definition) is 8. The standard InChI is InChI=1S/C21H24N6O3/c1-13(2)20-23-19(25-30-20)15-5-6-18(22-12-15)26-7-9-27(10-8-26)21(28)16-11-17(29-24-16)14-3-4-14/h5-6,11-14H,3-4,7-10H2,1-2H3. The molecule has 3 aromatic heterocycles. The summed E-state index contributed by atoms with van der Waals surface area (Å²) < 4.78 is 10.6. The van der Waals surface area contributed by atoms with Gasteiger partial charge in [0.05, 0.1) is 0 Å². The minimum Gasteiger partial charge on any atom is -0.360 e. The first-order valence-electron chi connectivity index (χ1n) is 10.4. The SMILES string of the molecule is CC(C)c1nc(-c2ccc(N3CCN(C(=O)c4cc(C5CC5)on4)CC3)nc2)no1. The normalized spacial score (nSPS) is 17.0. The molecule has 2 aliphatic rings. The van der Waals surface area contributed by atoms with E-state index in [9.17, 15) is 4.79 Å². The van der Waals surface area contributed by atoms with E-state index in [1.54, 1.807) is 12.3 Å². The number of rotatable bonds is 5. The van der Waals surface area contributed by atoms with E-state index < -0.39 is 0 Å². The number of hydrogen-bond donors (Lipinski definition) is 0. The van der Waals surface area contributed by atoms with E-state index in [1.165, 1.54) is 0 Å². The zero-order valence-corrected chi connectivity index (χ0v) is 17.1. The van der Waals surface area contributed by atoms with Gasteiger partial charge in [-0.3, -0.25) is 4.79 Å². The number of carbonyl (C=O) groups excluding carboxylic acids is 1. The van der Waals surface area contributed by atoms with Gasteiger partial charge in [-0.25, -0.2) is 4.98 Å². The maximum atomic E-state index is 12.7. The van der Waals surface area contributed by atoms with Gasteiger partial charge in [0.25, 0.3) is 5.91 Å². The molecular weight excluding hydrogens is 384 g/mol. The first kappa shape index (κ1) is 18.8. The second-order valence-corrected chi connectivity index (χ2v) is 8.18. The summed E-state index contributed by atoms with van der Waals surface area (Å²) in [4.78, 5) is 25.7. The number of piperazine rings is 1. The first-order chi connectivity index (χ1) is 14.6. The third-order valence-electron chi connectivity index (χ3n) is 5.56. The Kier molecular flexibility index (Phi) is 4.72. The lowest BCUT2D eigenvalue weighted by molar-refractivity contribution is 0.0736. The molecule has 2 fully saturated rings. The largest absolute Gasteiger partial charge is 0.360 e. The van der Waals surface area contributed by atoms with E-state index >= 15 is 0 Å². The first-order valence-corrected chi connectivity index (χ1v) is 10.4. The summed E-state index contributed by atoms with van der Waals surface area (Å²) in [6.45, 7) is 6.69. The van der Waals surface area contributed by atoms with Gasteiger partial charge in [-0.15, -0.1) is 0 Å². The smallest absolute Gasteiger partial charge is 0.276 e. The third-order valence-corrected chi connectivity index (χ3v) is 5.56. The molecule has 4 heterocycles. The average molecular weight is 408 g/mol.